The lowest BCUT2D eigenvalue weighted by molar-refractivity contribution is -0.296. The minimum Gasteiger partial charge on any atom is -0.394 e. The summed E-state index contributed by atoms with van der Waals surface area (Å²) >= 11 is 0. The third-order valence-corrected chi connectivity index (χ3v) is 21.0. The van der Waals surface area contributed by atoms with E-state index in [2.05, 4.69) is 53.2 Å². The summed E-state index contributed by atoms with van der Waals surface area (Å²) in [5.74, 6) is -2.57. The Hall–Kier alpha value is -5.53. The van der Waals surface area contributed by atoms with Crippen LogP contribution in [-0.2, 0) is 85.8 Å². The Balaban J connectivity index is 1.51. The number of likely N-dealkylation sites (N-methyl/N-ethyl adjacent to an activating group) is 1. The number of hydrogen-bond acceptors (Lipinski definition) is 28. The molecule has 0 aromatic rings. The van der Waals surface area contributed by atoms with Gasteiger partial charge in [-0.2, -0.15) is 0 Å². The summed E-state index contributed by atoms with van der Waals surface area (Å²) in [6.45, 7) is 23.4. The van der Waals surface area contributed by atoms with E-state index in [4.69, 9.17) is 42.6 Å². The molecule has 0 aromatic heterocycles. The van der Waals surface area contributed by atoms with Crippen molar-refractivity contribution in [2.75, 3.05) is 99.2 Å². The third-order valence-electron chi connectivity index (χ3n) is 21.0. The van der Waals surface area contributed by atoms with Crippen LogP contribution < -0.4 is 53.2 Å². The molecule has 9 amide bonds. The van der Waals surface area contributed by atoms with Crippen molar-refractivity contribution in [1.29, 1.82) is 0 Å². The monoisotopic (exact) mass is 1640 g/mol. The Morgan fingerprint density at radius 3 is 0.974 bits per heavy atom. The minimum absolute atomic E-state index is 0.0593. The van der Waals surface area contributed by atoms with Crippen LogP contribution in [0, 0.1) is 5.41 Å². The molecule has 0 radical (unpaired) electrons. The highest BCUT2D eigenvalue weighted by Gasteiger charge is 2.50. The van der Waals surface area contributed by atoms with Gasteiger partial charge in [0.2, 0.25) is 53.2 Å². The smallest absolute Gasteiger partial charge is 0.220 e. The molecule has 114 heavy (non-hydrogen) atoms. The second-order valence-corrected chi connectivity index (χ2v) is 33.0. The number of nitrogens with one attached hydrogen (secondary N) is 10. The zero-order valence-electron chi connectivity index (χ0n) is 69.9. The molecule has 3 saturated heterocycles. The molecule has 0 aromatic carbocycles. The molecular formula is C77H142N10O27. The first kappa shape index (κ1) is 103. The first-order valence-corrected chi connectivity index (χ1v) is 40.3. The predicted octanol–water partition coefficient (Wildman–Crippen LogP) is -1.88. The largest absolute Gasteiger partial charge is 0.394 e. The van der Waals surface area contributed by atoms with E-state index in [1.165, 1.54) is 20.8 Å². The standard InChI is InChI=1S/C77H142N10O27/c1-48(91)85-60-66(103)63(100)51(42-88)111-69(60)106-40-19-16-25-55(95)80-35-22-38-83-58(98)28-32-73(6,7)108-45-77(78-14,46-109-74(8,9)33-29-59(99)84-39-23-36-81-56(96)26-17-20-41-107-70-61(86-49(2)92)67(104)64(101)52(43-89)112-70)47-110-76(12,13)72(4,5)31-27-57(97)82-37-21-34-79-54(94)24-15-18-30-75(10,11)114-71-62(87-50(3)93)68(105)65(102)53(44-90)113-71/h51-53,60-71,78,88-90,100-105H,15-47H2,1-14H3,(H,79,94)(H,80,95)(H,81,96)(H,82,97)(H,83,98)(H,84,99)(H,85,91)(H,86,92)(H,87,93)/t51?,52?,53?,60?,61?,62?,63-,64-,65-,66?,67?,68?,69+,70+,71-,77?/m0/s1. The van der Waals surface area contributed by atoms with Gasteiger partial charge >= 0.3 is 0 Å². The van der Waals surface area contributed by atoms with E-state index >= 15 is 0 Å². The molecule has 15 atom stereocenters. The van der Waals surface area contributed by atoms with Crippen molar-refractivity contribution in [3.8, 4) is 0 Å². The van der Waals surface area contributed by atoms with Gasteiger partial charge in [-0.25, -0.2) is 0 Å². The number of ether oxygens (including phenoxy) is 9. The van der Waals surface area contributed by atoms with Crippen molar-refractivity contribution in [3.05, 3.63) is 0 Å². The average molecular weight is 1640 g/mol. The normalized spacial score (nSPS) is 24.8. The van der Waals surface area contributed by atoms with Gasteiger partial charge in [-0.1, -0.05) is 20.3 Å². The van der Waals surface area contributed by atoms with Crippen molar-refractivity contribution in [3.63, 3.8) is 0 Å². The molecule has 0 bridgehead atoms. The van der Waals surface area contributed by atoms with Crippen LogP contribution in [0.25, 0.3) is 0 Å². The number of aliphatic hydroxyl groups excluding tert-OH is 9. The van der Waals surface area contributed by atoms with Gasteiger partial charge in [0.25, 0.3) is 0 Å². The summed E-state index contributed by atoms with van der Waals surface area (Å²) < 4.78 is 54.7. The number of carbonyl (C=O) groups is 9. The van der Waals surface area contributed by atoms with E-state index in [0.29, 0.717) is 123 Å². The van der Waals surface area contributed by atoms with Crippen LogP contribution >= 0.6 is 0 Å². The van der Waals surface area contributed by atoms with Gasteiger partial charge in [0.15, 0.2) is 18.9 Å². The Bertz CT molecular complexity index is 2790. The maximum Gasteiger partial charge on any atom is 0.220 e. The van der Waals surface area contributed by atoms with Gasteiger partial charge < -0.3 is 142 Å². The number of hydrogen-bond donors (Lipinski definition) is 19. The minimum atomic E-state index is -1.44. The summed E-state index contributed by atoms with van der Waals surface area (Å²) in [5.41, 5.74) is -4.91. The van der Waals surface area contributed by atoms with Gasteiger partial charge in [0.05, 0.1) is 67.6 Å². The van der Waals surface area contributed by atoms with Gasteiger partial charge in [-0.3, -0.25) is 43.2 Å². The summed E-state index contributed by atoms with van der Waals surface area (Å²) in [4.78, 5) is 113. The summed E-state index contributed by atoms with van der Waals surface area (Å²) in [5, 5.41) is 120. The number of rotatable bonds is 57. The molecule has 0 saturated carbocycles. The van der Waals surface area contributed by atoms with Crippen molar-refractivity contribution in [1.82, 2.24) is 53.2 Å². The van der Waals surface area contributed by atoms with E-state index in [9.17, 15) is 89.1 Å². The Morgan fingerprint density at radius 2 is 0.649 bits per heavy atom. The Labute approximate surface area is 672 Å². The quantitative estimate of drug-likeness (QED) is 0.0297. The number of unbranched alkanes of at least 4 members (excludes halogenated alkanes) is 3. The number of carbonyl (C=O) groups excluding carboxylic acids is 9. The Morgan fingerprint density at radius 1 is 0.351 bits per heavy atom. The van der Waals surface area contributed by atoms with E-state index in [-0.39, 0.29) is 107 Å². The lowest BCUT2D eigenvalue weighted by Gasteiger charge is -2.45. The van der Waals surface area contributed by atoms with E-state index in [1.807, 2.05) is 55.4 Å². The molecule has 0 aliphatic carbocycles. The molecule has 3 rings (SSSR count). The van der Waals surface area contributed by atoms with Crippen LogP contribution in [0.15, 0.2) is 0 Å². The average Bonchev–Trinajstić information content (AvgIpc) is 0.802. The van der Waals surface area contributed by atoms with E-state index < -0.39 is 163 Å². The highest BCUT2D eigenvalue weighted by Crippen LogP contribution is 2.39. The SMILES string of the molecule is CNC(COC(C)(C)CCC(=O)NCCCNC(=O)CCCCO[C@@H]1OC(CO)[C@H](O)C(O)C1NC(C)=O)(COC(C)(C)CCC(=O)NCCCNC(=O)CCCCO[C@@H]1OC(CO)[C@H](O)C(O)C1NC(C)=O)COC(C)(C)C(C)(C)CCC(=O)NCCCNC(=O)CCCCC(C)(C)O[C@@H]1OC(CO)[C@H](O)C(O)C1NC(C)=O. The summed E-state index contributed by atoms with van der Waals surface area (Å²) in [7, 11) is 1.77. The maximum absolute atomic E-state index is 13.3. The van der Waals surface area contributed by atoms with E-state index in [0.717, 1.165) is 0 Å². The van der Waals surface area contributed by atoms with E-state index in [1.54, 1.807) is 20.9 Å². The van der Waals surface area contributed by atoms with Crippen LogP contribution in [0.1, 0.15) is 212 Å². The van der Waals surface area contributed by atoms with Crippen LogP contribution in [-0.4, -0.2) is 318 Å². The van der Waals surface area contributed by atoms with Crippen molar-refractivity contribution < 1.29 is 132 Å². The van der Waals surface area contributed by atoms with Gasteiger partial charge in [0, 0.05) is 112 Å². The highest BCUT2D eigenvalue weighted by molar-refractivity contribution is 5.78. The van der Waals surface area contributed by atoms with Crippen molar-refractivity contribution >= 4 is 53.2 Å². The second kappa shape index (κ2) is 51.1. The van der Waals surface area contributed by atoms with Gasteiger partial charge in [-0.15, -0.1) is 0 Å². The first-order chi connectivity index (χ1) is 53.5. The van der Waals surface area contributed by atoms with Crippen LogP contribution in [0.3, 0.4) is 0 Å². The molecule has 3 aliphatic rings. The van der Waals surface area contributed by atoms with Crippen molar-refractivity contribution in [2.24, 2.45) is 5.41 Å². The number of aliphatic hydroxyl groups is 9. The highest BCUT2D eigenvalue weighted by atomic mass is 16.7. The number of amides is 9. The fraction of sp³-hybridized carbons (Fsp3) is 0.883. The molecule has 19 N–H and O–H groups in total. The zero-order valence-corrected chi connectivity index (χ0v) is 69.9. The third kappa shape index (κ3) is 38.0. The molecule has 37 nitrogen and oxygen atoms in total. The molecule has 3 heterocycles. The summed E-state index contributed by atoms with van der Waals surface area (Å²) in [6.07, 6.45) is -8.45. The topological polar surface area (TPSA) is 539 Å². The molecule has 9 unspecified atom stereocenters. The van der Waals surface area contributed by atoms with Crippen LogP contribution in [0.4, 0.5) is 0 Å². The maximum atomic E-state index is 13.3. The predicted molar refractivity (Wildman–Crippen MR) is 415 cm³/mol. The fourth-order valence-electron chi connectivity index (χ4n) is 12.6. The van der Waals surface area contributed by atoms with Crippen molar-refractivity contribution in [2.45, 2.75) is 332 Å². The molecule has 37 heteroatoms. The van der Waals surface area contributed by atoms with Crippen LogP contribution in [0.5, 0.6) is 0 Å². The lowest BCUT2D eigenvalue weighted by Crippen LogP contribution is -2.65. The fourth-order valence-corrected chi connectivity index (χ4v) is 12.6. The molecule has 662 valence electrons. The van der Waals surface area contributed by atoms with Gasteiger partial charge in [-0.05, 0) is 145 Å². The molecule has 0 spiro atoms. The molecule has 3 aliphatic heterocycles. The summed E-state index contributed by atoms with van der Waals surface area (Å²) in [6, 6.07) is -3.22. The molecule has 3 fully saturated rings. The molecular weight excluding hydrogens is 1500 g/mol. The second-order valence-electron chi connectivity index (χ2n) is 33.0. The lowest BCUT2D eigenvalue weighted by atomic mass is 9.73. The van der Waals surface area contributed by atoms with Crippen LogP contribution in [0.2, 0.25) is 0 Å². The zero-order chi connectivity index (χ0) is 85.6. The Kier molecular flexibility index (Phi) is 46.0. The first-order valence-electron chi connectivity index (χ1n) is 40.3. The van der Waals surface area contributed by atoms with Gasteiger partial charge in [0.1, 0.15) is 73.1 Å².